The number of hydrogen-bond acceptors (Lipinski definition) is 3. The highest BCUT2D eigenvalue weighted by Crippen LogP contribution is 3.02. The Kier molecular flexibility index (Phi) is 3.85. The number of rotatable bonds is 5. The Morgan fingerprint density at radius 1 is 1.15 bits per heavy atom. The molecular formula is C16H13F5N4OS. The van der Waals surface area contributed by atoms with E-state index in [1.165, 1.54) is 10.9 Å². The number of carbonyl (C=O) groups excluding carboxylic acids is 1. The van der Waals surface area contributed by atoms with Crippen LogP contribution in [0.2, 0.25) is 0 Å². The summed E-state index contributed by atoms with van der Waals surface area (Å²) in [5.41, 5.74) is 0.830. The lowest BCUT2D eigenvalue weighted by atomic mass is 10.2. The number of benzene rings is 1. The number of aromatic nitrogens is 3. The number of pyridine rings is 1. The van der Waals surface area contributed by atoms with Gasteiger partial charge in [-0.15, -0.1) is 0 Å². The van der Waals surface area contributed by atoms with E-state index >= 15 is 0 Å². The number of nitrogens with zero attached hydrogens (tertiary/aromatic N) is 3. The lowest BCUT2D eigenvalue weighted by Crippen LogP contribution is -2.20. The second kappa shape index (κ2) is 5.52. The first kappa shape index (κ1) is 18.8. The molecule has 11 heteroatoms. The van der Waals surface area contributed by atoms with E-state index in [9.17, 15) is 24.2 Å². The summed E-state index contributed by atoms with van der Waals surface area (Å²) >= 11 is 0. The fourth-order valence-corrected chi connectivity index (χ4v) is 3.06. The number of nitrogens with one attached hydrogen (secondary N) is 1. The van der Waals surface area contributed by atoms with Crippen molar-refractivity contribution in [2.45, 2.75) is 11.4 Å². The third-order valence-corrected chi connectivity index (χ3v) is 4.82. The molecule has 0 saturated carbocycles. The predicted molar refractivity (Wildman–Crippen MR) is 92.3 cm³/mol. The maximum absolute atomic E-state index is 12.9. The number of hydrogen-bond donors (Lipinski definition) is 1. The molecule has 1 aromatic carbocycles. The van der Waals surface area contributed by atoms with Crippen LogP contribution in [0.3, 0.4) is 0 Å². The monoisotopic (exact) mass is 404 g/mol. The fraction of sp³-hybridized carbons (Fsp3) is 0.0625. The third kappa shape index (κ3) is 3.92. The van der Waals surface area contributed by atoms with Gasteiger partial charge in [0.1, 0.15) is 4.90 Å². The first-order valence-electron chi connectivity index (χ1n) is 7.46. The molecule has 0 aliphatic carbocycles. The quantitative estimate of drug-likeness (QED) is 0.487. The summed E-state index contributed by atoms with van der Waals surface area (Å²) in [7, 11) is -9.75. The molecule has 0 unspecified atom stereocenters. The largest absolute Gasteiger partial charge is 0.347 e. The smallest absolute Gasteiger partial charge is 0.310 e. The molecular weight excluding hydrogens is 391 g/mol. The summed E-state index contributed by atoms with van der Waals surface area (Å²) < 4.78 is 65.5. The van der Waals surface area contributed by atoms with Crippen molar-refractivity contribution in [3.8, 4) is 5.69 Å². The fourth-order valence-electron chi connectivity index (χ4n) is 2.41. The highest BCUT2D eigenvalue weighted by atomic mass is 32.5. The summed E-state index contributed by atoms with van der Waals surface area (Å²) in [6, 6.07) is 5.70. The van der Waals surface area contributed by atoms with Crippen LogP contribution in [-0.4, -0.2) is 20.7 Å². The summed E-state index contributed by atoms with van der Waals surface area (Å²) in [6.45, 7) is 3.36. The highest BCUT2D eigenvalue weighted by Gasteiger charge is 2.65. The van der Waals surface area contributed by atoms with Crippen molar-refractivity contribution in [2.24, 2.45) is 0 Å². The summed E-state index contributed by atoms with van der Waals surface area (Å²) in [5.74, 6) is -0.429. The standard InChI is InChI=1S/C16H13F5N4OS/c1-2-15(26)23-10-14-13-4-3-9-22-16(13)25(24-14)11-5-7-12(8-6-11)27(17,18,19,20)21/h2-9H,1,10H2,(H,23,26). The van der Waals surface area contributed by atoms with Crippen LogP contribution in [0.1, 0.15) is 5.69 Å². The molecule has 5 nitrogen and oxygen atoms in total. The lowest BCUT2D eigenvalue weighted by Gasteiger charge is -2.40. The van der Waals surface area contributed by atoms with E-state index in [2.05, 4.69) is 22.0 Å². The number of halogens is 5. The van der Waals surface area contributed by atoms with E-state index in [1.807, 2.05) is 0 Å². The predicted octanol–water partition coefficient (Wildman–Crippen LogP) is 4.88. The normalized spacial score (nSPS) is 14.4. The maximum atomic E-state index is 12.9. The van der Waals surface area contributed by atoms with Gasteiger partial charge in [0.15, 0.2) is 5.65 Å². The van der Waals surface area contributed by atoms with Gasteiger partial charge in [-0.2, -0.15) is 5.10 Å². The first-order valence-corrected chi connectivity index (χ1v) is 9.41. The van der Waals surface area contributed by atoms with Gasteiger partial charge in [0.25, 0.3) is 0 Å². The number of amides is 1. The van der Waals surface area contributed by atoms with Crippen molar-refractivity contribution in [3.63, 3.8) is 0 Å². The Morgan fingerprint density at radius 3 is 2.41 bits per heavy atom. The zero-order valence-corrected chi connectivity index (χ0v) is 14.4. The minimum atomic E-state index is -9.75. The maximum Gasteiger partial charge on any atom is 0.310 e. The molecule has 0 spiro atoms. The summed E-state index contributed by atoms with van der Waals surface area (Å²) in [5, 5.41) is 7.33. The summed E-state index contributed by atoms with van der Waals surface area (Å²) in [4.78, 5) is 13.5. The molecule has 1 amide bonds. The highest BCUT2D eigenvalue weighted by molar-refractivity contribution is 8.45. The second-order valence-corrected chi connectivity index (χ2v) is 8.03. The molecule has 0 saturated heterocycles. The van der Waals surface area contributed by atoms with Crippen molar-refractivity contribution >= 4 is 27.2 Å². The Bertz CT molecular complexity index is 1050. The van der Waals surface area contributed by atoms with Crippen LogP contribution in [0.5, 0.6) is 0 Å². The zero-order chi connectivity index (χ0) is 19.9. The van der Waals surface area contributed by atoms with Crippen molar-refractivity contribution in [3.05, 3.63) is 60.9 Å². The molecule has 2 heterocycles. The van der Waals surface area contributed by atoms with Gasteiger partial charge in [0.2, 0.25) is 5.91 Å². The van der Waals surface area contributed by atoms with Crippen LogP contribution in [0.4, 0.5) is 19.4 Å². The topological polar surface area (TPSA) is 59.8 Å². The third-order valence-electron chi connectivity index (χ3n) is 3.66. The molecule has 0 radical (unpaired) electrons. The molecule has 3 rings (SSSR count). The van der Waals surface area contributed by atoms with E-state index < -0.39 is 21.0 Å². The van der Waals surface area contributed by atoms with Gasteiger partial charge in [-0.1, -0.05) is 26.0 Å². The van der Waals surface area contributed by atoms with E-state index in [0.29, 0.717) is 28.9 Å². The number of fused-ring (bicyclic) bond motifs is 1. The van der Waals surface area contributed by atoms with E-state index in [-0.39, 0.29) is 12.2 Å². The van der Waals surface area contributed by atoms with Crippen molar-refractivity contribution < 1.29 is 24.2 Å². The molecule has 0 fully saturated rings. The van der Waals surface area contributed by atoms with Crippen LogP contribution in [0.15, 0.2) is 60.1 Å². The van der Waals surface area contributed by atoms with Crippen molar-refractivity contribution in [1.82, 2.24) is 20.1 Å². The zero-order valence-electron chi connectivity index (χ0n) is 13.6. The first-order chi connectivity index (χ1) is 12.4. The molecule has 27 heavy (non-hydrogen) atoms. The van der Waals surface area contributed by atoms with Gasteiger partial charge in [-0.3, -0.25) is 4.79 Å². The van der Waals surface area contributed by atoms with Crippen LogP contribution >= 0.6 is 10.2 Å². The Labute approximate surface area is 150 Å². The van der Waals surface area contributed by atoms with E-state index in [0.717, 1.165) is 18.2 Å². The Morgan fingerprint density at radius 2 is 1.81 bits per heavy atom. The van der Waals surface area contributed by atoms with E-state index in [1.54, 1.807) is 12.1 Å². The van der Waals surface area contributed by atoms with Crippen LogP contribution in [-0.2, 0) is 11.3 Å². The Balaban J connectivity index is 2.05. The summed E-state index contributed by atoms with van der Waals surface area (Å²) in [6.07, 6.45) is 2.53. The SMILES string of the molecule is C=CC(=O)NCc1nn(-c2ccc(S(F)(F)(F)(F)F)cc2)c2ncccc12. The minimum Gasteiger partial charge on any atom is -0.347 e. The van der Waals surface area contributed by atoms with Crippen molar-refractivity contribution in [2.75, 3.05) is 0 Å². The Hall–Kier alpha value is -2.95. The second-order valence-electron chi connectivity index (χ2n) is 5.62. The van der Waals surface area contributed by atoms with E-state index in [4.69, 9.17) is 0 Å². The lowest BCUT2D eigenvalue weighted by molar-refractivity contribution is -0.116. The molecule has 0 aliphatic heterocycles. The molecule has 0 atom stereocenters. The van der Waals surface area contributed by atoms with Gasteiger partial charge in [-0.05, 0) is 42.5 Å². The number of carbonyl (C=O) groups is 1. The van der Waals surface area contributed by atoms with Gasteiger partial charge < -0.3 is 5.32 Å². The minimum absolute atomic E-state index is 0.0313. The molecule has 2 aromatic heterocycles. The van der Waals surface area contributed by atoms with Crippen LogP contribution in [0.25, 0.3) is 16.7 Å². The van der Waals surface area contributed by atoms with Gasteiger partial charge >= 0.3 is 10.2 Å². The van der Waals surface area contributed by atoms with Gasteiger partial charge in [-0.25, -0.2) is 9.67 Å². The van der Waals surface area contributed by atoms with Crippen LogP contribution in [0, 0.1) is 0 Å². The molecule has 0 bridgehead atoms. The van der Waals surface area contributed by atoms with Crippen LogP contribution < -0.4 is 5.32 Å². The molecule has 0 aliphatic rings. The molecule has 1 N–H and O–H groups in total. The van der Waals surface area contributed by atoms with Crippen molar-refractivity contribution in [1.29, 1.82) is 0 Å². The van der Waals surface area contributed by atoms with Gasteiger partial charge in [0, 0.05) is 11.6 Å². The van der Waals surface area contributed by atoms with Gasteiger partial charge in [0.05, 0.1) is 17.9 Å². The molecule has 3 aromatic rings. The average Bonchev–Trinajstić information content (AvgIpc) is 2.97. The average molecular weight is 404 g/mol. The molecule has 144 valence electrons.